The molecule has 0 aliphatic heterocycles. The molecular formula is C10H18N4O2. The minimum Gasteiger partial charge on any atom is -0.385 e. The molecule has 1 amide bonds. The van der Waals surface area contributed by atoms with Gasteiger partial charge in [0.05, 0.1) is 18.3 Å². The van der Waals surface area contributed by atoms with Crippen LogP contribution in [0.1, 0.15) is 12.1 Å². The first-order valence-corrected chi connectivity index (χ1v) is 5.14. The summed E-state index contributed by atoms with van der Waals surface area (Å²) in [6.07, 6.45) is 2.21. The molecule has 1 heterocycles. The summed E-state index contributed by atoms with van der Waals surface area (Å²) in [5.74, 6) is -0.168. The van der Waals surface area contributed by atoms with Crippen molar-refractivity contribution < 1.29 is 9.53 Å². The maximum Gasteiger partial charge on any atom is 0.237 e. The lowest BCUT2D eigenvalue weighted by atomic mass is 10.2. The zero-order chi connectivity index (χ0) is 12.0. The molecule has 1 aromatic rings. The van der Waals surface area contributed by atoms with E-state index in [1.807, 2.05) is 13.1 Å². The predicted octanol–water partition coefficient (Wildman–Crippen LogP) is -0.600. The van der Waals surface area contributed by atoms with Crippen LogP contribution in [0.15, 0.2) is 12.3 Å². The molecule has 0 saturated heterocycles. The molecule has 0 aromatic carbocycles. The molecule has 1 atom stereocenters. The van der Waals surface area contributed by atoms with E-state index in [2.05, 4.69) is 10.4 Å². The van der Waals surface area contributed by atoms with Crippen molar-refractivity contribution >= 4 is 5.91 Å². The molecule has 0 fully saturated rings. The third-order valence-electron chi connectivity index (χ3n) is 2.34. The third kappa shape index (κ3) is 3.63. The smallest absolute Gasteiger partial charge is 0.237 e. The van der Waals surface area contributed by atoms with Gasteiger partial charge in [-0.25, -0.2) is 0 Å². The van der Waals surface area contributed by atoms with Gasteiger partial charge >= 0.3 is 0 Å². The number of hydrogen-bond acceptors (Lipinski definition) is 4. The number of hydrogen-bond donors (Lipinski definition) is 2. The van der Waals surface area contributed by atoms with E-state index in [1.54, 1.807) is 18.0 Å². The lowest BCUT2D eigenvalue weighted by Crippen LogP contribution is -2.41. The van der Waals surface area contributed by atoms with Crippen molar-refractivity contribution in [3.8, 4) is 0 Å². The number of carbonyl (C=O) groups is 1. The number of aromatic nitrogens is 2. The Morgan fingerprint density at radius 2 is 2.50 bits per heavy atom. The first-order chi connectivity index (χ1) is 7.65. The zero-order valence-corrected chi connectivity index (χ0v) is 9.64. The Bertz CT molecular complexity index is 337. The van der Waals surface area contributed by atoms with Crippen LogP contribution in [0.25, 0.3) is 0 Å². The van der Waals surface area contributed by atoms with Crippen molar-refractivity contribution in [3.63, 3.8) is 0 Å². The minimum atomic E-state index is -0.520. The Morgan fingerprint density at radius 1 is 1.75 bits per heavy atom. The van der Waals surface area contributed by atoms with Crippen LogP contribution in [0.4, 0.5) is 0 Å². The van der Waals surface area contributed by atoms with Crippen LogP contribution in [0.5, 0.6) is 0 Å². The highest BCUT2D eigenvalue weighted by molar-refractivity contribution is 5.81. The highest BCUT2D eigenvalue weighted by Crippen LogP contribution is 1.96. The van der Waals surface area contributed by atoms with Gasteiger partial charge in [-0.2, -0.15) is 5.10 Å². The van der Waals surface area contributed by atoms with Gasteiger partial charge in [0.15, 0.2) is 0 Å². The Balaban J connectivity index is 2.32. The van der Waals surface area contributed by atoms with Crippen molar-refractivity contribution in [2.24, 2.45) is 12.8 Å². The average molecular weight is 226 g/mol. The van der Waals surface area contributed by atoms with Crippen molar-refractivity contribution in [1.29, 1.82) is 0 Å². The van der Waals surface area contributed by atoms with E-state index in [1.165, 1.54) is 0 Å². The predicted molar refractivity (Wildman–Crippen MR) is 59.5 cm³/mol. The summed E-state index contributed by atoms with van der Waals surface area (Å²) in [7, 11) is 3.41. The number of ether oxygens (including phenoxy) is 1. The van der Waals surface area contributed by atoms with Crippen molar-refractivity contribution in [3.05, 3.63) is 18.0 Å². The second-order valence-electron chi connectivity index (χ2n) is 3.55. The second kappa shape index (κ2) is 6.24. The Labute approximate surface area is 94.8 Å². The van der Waals surface area contributed by atoms with Gasteiger partial charge in [0.1, 0.15) is 0 Å². The van der Waals surface area contributed by atoms with E-state index < -0.39 is 6.04 Å². The van der Waals surface area contributed by atoms with Gasteiger partial charge in [-0.3, -0.25) is 9.48 Å². The molecule has 90 valence electrons. The number of nitrogens with zero attached hydrogens (tertiary/aromatic N) is 2. The van der Waals surface area contributed by atoms with Gasteiger partial charge < -0.3 is 15.8 Å². The Hall–Kier alpha value is -1.40. The highest BCUT2D eigenvalue weighted by Gasteiger charge is 2.12. The molecule has 1 unspecified atom stereocenters. The zero-order valence-electron chi connectivity index (χ0n) is 9.64. The largest absolute Gasteiger partial charge is 0.385 e. The summed E-state index contributed by atoms with van der Waals surface area (Å²) in [4.78, 5) is 11.5. The first-order valence-electron chi connectivity index (χ1n) is 5.14. The number of amides is 1. The summed E-state index contributed by atoms with van der Waals surface area (Å²) >= 11 is 0. The van der Waals surface area contributed by atoms with Crippen molar-refractivity contribution in [2.75, 3.05) is 13.7 Å². The summed E-state index contributed by atoms with van der Waals surface area (Å²) in [6, 6.07) is 1.33. The van der Waals surface area contributed by atoms with Gasteiger partial charge in [-0.1, -0.05) is 0 Å². The minimum absolute atomic E-state index is 0.168. The van der Waals surface area contributed by atoms with Crippen LogP contribution in [0, 0.1) is 0 Å². The van der Waals surface area contributed by atoms with Gasteiger partial charge in [0.25, 0.3) is 0 Å². The molecule has 6 heteroatoms. The lowest BCUT2D eigenvalue weighted by Gasteiger charge is -2.11. The normalized spacial score (nSPS) is 12.4. The Kier molecular flexibility index (Phi) is 4.94. The molecule has 0 aliphatic rings. The molecule has 0 bridgehead atoms. The SMILES string of the molecule is COCCC(N)C(=O)NCc1ccnn1C. The molecule has 16 heavy (non-hydrogen) atoms. The topological polar surface area (TPSA) is 82.2 Å². The van der Waals surface area contributed by atoms with E-state index >= 15 is 0 Å². The molecule has 0 aliphatic carbocycles. The van der Waals surface area contributed by atoms with Crippen molar-refractivity contribution in [2.45, 2.75) is 19.0 Å². The van der Waals surface area contributed by atoms with Crippen LogP contribution in [-0.2, 0) is 23.1 Å². The molecule has 0 saturated carbocycles. The fraction of sp³-hybridized carbons (Fsp3) is 0.600. The van der Waals surface area contributed by atoms with E-state index in [4.69, 9.17) is 10.5 Å². The highest BCUT2D eigenvalue weighted by atomic mass is 16.5. The molecule has 6 nitrogen and oxygen atoms in total. The van der Waals surface area contributed by atoms with Gasteiger partial charge in [-0.05, 0) is 12.5 Å². The van der Waals surface area contributed by atoms with Crippen LogP contribution in [-0.4, -0.2) is 35.4 Å². The van der Waals surface area contributed by atoms with E-state index in [0.29, 0.717) is 19.6 Å². The molecule has 3 N–H and O–H groups in total. The lowest BCUT2D eigenvalue weighted by molar-refractivity contribution is -0.122. The maximum atomic E-state index is 11.5. The number of methoxy groups -OCH3 is 1. The maximum absolute atomic E-state index is 11.5. The van der Waals surface area contributed by atoms with Crippen LogP contribution in [0.2, 0.25) is 0 Å². The van der Waals surface area contributed by atoms with Crippen LogP contribution in [0.3, 0.4) is 0 Å². The molecule has 1 aromatic heterocycles. The number of rotatable bonds is 6. The summed E-state index contributed by atoms with van der Waals surface area (Å²) in [5, 5.41) is 6.76. The summed E-state index contributed by atoms with van der Waals surface area (Å²) in [5.41, 5.74) is 6.60. The van der Waals surface area contributed by atoms with Crippen LogP contribution >= 0.6 is 0 Å². The molecule has 0 spiro atoms. The summed E-state index contributed by atoms with van der Waals surface area (Å²) < 4.78 is 6.57. The standard InChI is InChI=1S/C10H18N4O2/c1-14-8(3-5-13-14)7-12-10(15)9(11)4-6-16-2/h3,5,9H,4,6-7,11H2,1-2H3,(H,12,15). The number of nitrogens with one attached hydrogen (secondary N) is 1. The average Bonchev–Trinajstić information content (AvgIpc) is 2.68. The first kappa shape index (κ1) is 12.7. The van der Waals surface area contributed by atoms with Gasteiger partial charge in [0, 0.05) is 27.0 Å². The summed E-state index contributed by atoms with van der Waals surface area (Å²) in [6.45, 7) is 0.927. The molecule has 1 rings (SSSR count). The van der Waals surface area contributed by atoms with E-state index in [0.717, 1.165) is 5.69 Å². The number of nitrogens with two attached hydrogens (primary N) is 1. The third-order valence-corrected chi connectivity index (χ3v) is 2.34. The van der Waals surface area contributed by atoms with Gasteiger partial charge in [-0.15, -0.1) is 0 Å². The molecule has 0 radical (unpaired) electrons. The fourth-order valence-electron chi connectivity index (χ4n) is 1.26. The molecular weight excluding hydrogens is 208 g/mol. The van der Waals surface area contributed by atoms with Gasteiger partial charge in [0.2, 0.25) is 5.91 Å². The fourth-order valence-corrected chi connectivity index (χ4v) is 1.26. The Morgan fingerprint density at radius 3 is 3.06 bits per heavy atom. The number of carbonyl (C=O) groups excluding carboxylic acids is 1. The van der Waals surface area contributed by atoms with Crippen LogP contribution < -0.4 is 11.1 Å². The van der Waals surface area contributed by atoms with E-state index in [9.17, 15) is 4.79 Å². The monoisotopic (exact) mass is 226 g/mol. The number of aryl methyl sites for hydroxylation is 1. The van der Waals surface area contributed by atoms with E-state index in [-0.39, 0.29) is 5.91 Å². The van der Waals surface area contributed by atoms with Crippen molar-refractivity contribution in [1.82, 2.24) is 15.1 Å². The quantitative estimate of drug-likeness (QED) is 0.678. The second-order valence-corrected chi connectivity index (χ2v) is 3.55.